The van der Waals surface area contributed by atoms with Gasteiger partial charge in [0.1, 0.15) is 0 Å². The molecule has 160 valence electrons. The number of halogens is 1. The Morgan fingerprint density at radius 3 is 2.37 bits per heavy atom. The summed E-state index contributed by atoms with van der Waals surface area (Å²) < 4.78 is 29.3. The summed E-state index contributed by atoms with van der Waals surface area (Å²) in [5, 5.41) is 0. The van der Waals surface area contributed by atoms with E-state index < -0.39 is 10.0 Å². The minimum absolute atomic E-state index is 0.0920. The van der Waals surface area contributed by atoms with E-state index in [1.54, 1.807) is 29.2 Å². The molecule has 0 bridgehead atoms. The van der Waals surface area contributed by atoms with Gasteiger partial charge in [-0.25, -0.2) is 8.42 Å². The first-order valence-electron chi connectivity index (χ1n) is 10.6. The standard InChI is InChI=1S/C23H27BrN2O3S/c24-20-10-12-22(13-11-20)30(28,29)26(21-8-2-1-3-9-21)17-23(27)25-15-14-18-6-4-5-7-19(18)16-25/h4-7,10-13,21H,1-3,8-9,14-17H2. The van der Waals surface area contributed by atoms with Gasteiger partial charge in [0.15, 0.2) is 0 Å². The number of hydrogen-bond acceptors (Lipinski definition) is 3. The Bertz CT molecular complexity index is 1000. The van der Waals surface area contributed by atoms with Gasteiger partial charge in [-0.2, -0.15) is 4.31 Å². The molecule has 30 heavy (non-hydrogen) atoms. The molecule has 1 aliphatic carbocycles. The van der Waals surface area contributed by atoms with E-state index in [4.69, 9.17) is 0 Å². The van der Waals surface area contributed by atoms with E-state index >= 15 is 0 Å². The first-order chi connectivity index (χ1) is 14.4. The van der Waals surface area contributed by atoms with Gasteiger partial charge in [-0.1, -0.05) is 59.5 Å². The third-order valence-electron chi connectivity index (χ3n) is 6.18. The number of carbonyl (C=O) groups is 1. The lowest BCUT2D eigenvalue weighted by atomic mass is 9.95. The lowest BCUT2D eigenvalue weighted by Crippen LogP contribution is -2.48. The second-order valence-corrected chi connectivity index (χ2v) is 10.9. The van der Waals surface area contributed by atoms with Gasteiger partial charge in [-0.3, -0.25) is 4.79 Å². The maximum absolute atomic E-state index is 13.5. The van der Waals surface area contributed by atoms with Crippen molar-refractivity contribution in [2.45, 2.75) is 56.0 Å². The quantitative estimate of drug-likeness (QED) is 0.625. The summed E-state index contributed by atoms with van der Waals surface area (Å²) in [5.41, 5.74) is 2.42. The zero-order chi connectivity index (χ0) is 21.1. The van der Waals surface area contributed by atoms with Crippen LogP contribution >= 0.6 is 15.9 Å². The smallest absolute Gasteiger partial charge is 0.243 e. The van der Waals surface area contributed by atoms with Crippen molar-refractivity contribution in [2.24, 2.45) is 0 Å². The van der Waals surface area contributed by atoms with Crippen LogP contribution in [0.2, 0.25) is 0 Å². The van der Waals surface area contributed by atoms with E-state index in [0.717, 1.165) is 48.6 Å². The second-order valence-electron chi connectivity index (χ2n) is 8.13. The molecule has 0 unspecified atom stereocenters. The highest BCUT2D eigenvalue weighted by Gasteiger charge is 2.35. The third-order valence-corrected chi connectivity index (χ3v) is 8.62. The number of nitrogens with zero attached hydrogens (tertiary/aromatic N) is 2. The molecule has 7 heteroatoms. The number of rotatable bonds is 5. The van der Waals surface area contributed by atoms with Gasteiger partial charge in [-0.15, -0.1) is 0 Å². The van der Waals surface area contributed by atoms with Crippen LogP contribution in [0.1, 0.15) is 43.2 Å². The van der Waals surface area contributed by atoms with Crippen LogP contribution in [-0.2, 0) is 27.8 Å². The molecule has 1 saturated carbocycles. The molecule has 2 aromatic rings. The Kier molecular flexibility index (Phi) is 6.60. The normalized spacial score (nSPS) is 17.7. The Balaban J connectivity index is 1.57. The number of amides is 1. The molecule has 2 aromatic carbocycles. The highest BCUT2D eigenvalue weighted by Crippen LogP contribution is 2.29. The number of sulfonamides is 1. The number of fused-ring (bicyclic) bond motifs is 1. The van der Waals surface area contributed by atoms with Gasteiger partial charge >= 0.3 is 0 Å². The molecule has 1 aliphatic heterocycles. The largest absolute Gasteiger partial charge is 0.337 e. The Morgan fingerprint density at radius 1 is 1.00 bits per heavy atom. The van der Waals surface area contributed by atoms with Crippen molar-refractivity contribution in [3.63, 3.8) is 0 Å². The summed E-state index contributed by atoms with van der Waals surface area (Å²) in [5.74, 6) is -0.115. The van der Waals surface area contributed by atoms with Crippen molar-refractivity contribution < 1.29 is 13.2 Å². The SMILES string of the molecule is O=C(CN(C1CCCCC1)S(=O)(=O)c1ccc(Br)cc1)N1CCc2ccccc2C1. The molecule has 0 aromatic heterocycles. The predicted octanol–water partition coefficient (Wildman–Crippen LogP) is 4.36. The molecule has 0 saturated heterocycles. The molecular weight excluding hydrogens is 464 g/mol. The minimum Gasteiger partial charge on any atom is -0.337 e. The van der Waals surface area contributed by atoms with E-state index in [1.807, 2.05) is 18.2 Å². The second kappa shape index (κ2) is 9.20. The van der Waals surface area contributed by atoms with E-state index in [-0.39, 0.29) is 23.4 Å². The van der Waals surface area contributed by atoms with Crippen molar-refractivity contribution >= 4 is 31.9 Å². The van der Waals surface area contributed by atoms with E-state index in [9.17, 15) is 13.2 Å². The molecular formula is C23H27BrN2O3S. The fourth-order valence-corrected chi connectivity index (χ4v) is 6.36. The van der Waals surface area contributed by atoms with Gasteiger partial charge < -0.3 is 4.90 Å². The van der Waals surface area contributed by atoms with Crippen molar-refractivity contribution in [1.82, 2.24) is 9.21 Å². The average molecular weight is 491 g/mol. The van der Waals surface area contributed by atoms with Crippen LogP contribution in [0.25, 0.3) is 0 Å². The number of benzene rings is 2. The van der Waals surface area contributed by atoms with Gasteiger partial charge in [0, 0.05) is 23.6 Å². The summed E-state index contributed by atoms with van der Waals surface area (Å²) in [4.78, 5) is 15.2. The molecule has 2 aliphatic rings. The van der Waals surface area contributed by atoms with Crippen LogP contribution < -0.4 is 0 Å². The topological polar surface area (TPSA) is 57.7 Å². The number of carbonyl (C=O) groups excluding carboxylic acids is 1. The Hall–Kier alpha value is -1.70. The first kappa shape index (κ1) is 21.5. The highest BCUT2D eigenvalue weighted by atomic mass is 79.9. The van der Waals surface area contributed by atoms with E-state index in [2.05, 4.69) is 22.0 Å². The van der Waals surface area contributed by atoms with Crippen LogP contribution in [0.5, 0.6) is 0 Å². The van der Waals surface area contributed by atoms with Crippen molar-refractivity contribution in [2.75, 3.05) is 13.1 Å². The van der Waals surface area contributed by atoms with Crippen molar-refractivity contribution in [3.05, 3.63) is 64.1 Å². The Morgan fingerprint density at radius 2 is 1.67 bits per heavy atom. The monoisotopic (exact) mass is 490 g/mol. The zero-order valence-electron chi connectivity index (χ0n) is 17.0. The van der Waals surface area contributed by atoms with Gasteiger partial charge in [0.05, 0.1) is 11.4 Å². The summed E-state index contributed by atoms with van der Waals surface area (Å²) in [6.07, 6.45) is 5.56. The van der Waals surface area contributed by atoms with Gasteiger partial charge in [-0.05, 0) is 54.7 Å². The van der Waals surface area contributed by atoms with Crippen LogP contribution in [-0.4, -0.2) is 42.7 Å². The lowest BCUT2D eigenvalue weighted by Gasteiger charge is -2.35. The van der Waals surface area contributed by atoms with Crippen molar-refractivity contribution in [1.29, 1.82) is 0 Å². The molecule has 1 heterocycles. The molecule has 0 N–H and O–H groups in total. The molecule has 5 nitrogen and oxygen atoms in total. The van der Waals surface area contributed by atoms with Crippen LogP contribution in [0, 0.1) is 0 Å². The fraction of sp³-hybridized carbons (Fsp3) is 0.435. The summed E-state index contributed by atoms with van der Waals surface area (Å²) in [6.45, 7) is 1.09. The van der Waals surface area contributed by atoms with Gasteiger partial charge in [0.2, 0.25) is 15.9 Å². The number of hydrogen-bond donors (Lipinski definition) is 0. The molecule has 0 spiro atoms. The minimum atomic E-state index is -3.75. The predicted molar refractivity (Wildman–Crippen MR) is 120 cm³/mol. The van der Waals surface area contributed by atoms with Gasteiger partial charge in [0.25, 0.3) is 0 Å². The summed E-state index contributed by atoms with van der Waals surface area (Å²) >= 11 is 3.36. The molecule has 1 fully saturated rings. The van der Waals surface area contributed by atoms with Crippen molar-refractivity contribution in [3.8, 4) is 0 Å². The van der Waals surface area contributed by atoms with Crippen LogP contribution in [0.4, 0.5) is 0 Å². The average Bonchev–Trinajstić information content (AvgIpc) is 2.77. The zero-order valence-corrected chi connectivity index (χ0v) is 19.4. The highest BCUT2D eigenvalue weighted by molar-refractivity contribution is 9.10. The third kappa shape index (κ3) is 4.63. The first-order valence-corrected chi connectivity index (χ1v) is 12.8. The summed E-state index contributed by atoms with van der Waals surface area (Å²) in [7, 11) is -3.75. The molecule has 0 radical (unpaired) electrons. The van der Waals surface area contributed by atoms with E-state index in [0.29, 0.717) is 13.1 Å². The molecule has 0 atom stereocenters. The van der Waals surface area contributed by atoms with Crippen LogP contribution in [0.15, 0.2) is 57.9 Å². The fourth-order valence-electron chi connectivity index (χ4n) is 4.46. The summed E-state index contributed by atoms with van der Waals surface area (Å²) in [6, 6.07) is 14.7. The molecule has 4 rings (SSSR count). The van der Waals surface area contributed by atoms with E-state index in [1.165, 1.54) is 9.87 Å². The maximum Gasteiger partial charge on any atom is 0.243 e. The maximum atomic E-state index is 13.5. The Labute approximate surface area is 187 Å². The van der Waals surface area contributed by atoms with Crippen LogP contribution in [0.3, 0.4) is 0 Å². The lowest BCUT2D eigenvalue weighted by molar-refractivity contribution is -0.132. The molecule has 1 amide bonds.